The molecule has 14 amide bonds. The van der Waals surface area contributed by atoms with E-state index in [0.29, 0.717) is 60.7 Å². The topological polar surface area (TPSA) is 492 Å². The van der Waals surface area contributed by atoms with Gasteiger partial charge in [0, 0.05) is 89.4 Å². The van der Waals surface area contributed by atoms with Gasteiger partial charge in [0.05, 0.1) is 31.9 Å². The number of amides is 14. The molecule has 6 rings (SSSR count). The second-order valence-corrected chi connectivity index (χ2v) is 27.1. The van der Waals surface area contributed by atoms with Crippen LogP contribution in [0, 0.1) is 5.92 Å². The number of rotatable bonds is 37. The standard InChI is InChI=1S/C67H97N17O17S/c1-39(2)28-46(66(100)83-26-10-15-51(83)60(70)94)75-54(87)32-72-63(97)52-16-11-25-82(52)57(90)33-73-64(98)53-14-8-9-24-84(53)67(101)47(29-41-17-19-43(86)20-18-41)76-56(89)38-102-27-23-71-61(95)49(31-69)77-55(88)35-79(4)58(91)36-80(5)65(99)48(78-62(96)45(21-22-68)74-40(3)85)30-42-34-81(37-59(92)93)50-13-7-6-12-44(42)50/h6-7,12-13,17-20,34,39,45-49,51-53,86H,8-11,14-16,21-33,35-38,68-69H2,1-5H3,(H2,70,94)(H,71,95)(H,72,97)(H,73,98)(H,74,85)(H,75,87)(H,76,89)(H,77,88)(H,78,96)(H,92,93)/t45-,46-,47-,48-,49-,51-,52-,53-/m0/s1. The lowest BCUT2D eigenvalue weighted by molar-refractivity contribution is -0.145. The minimum Gasteiger partial charge on any atom is -0.508 e. The molecule has 0 saturated carbocycles. The first kappa shape index (κ1) is 81.1. The monoisotopic (exact) mass is 1440 g/mol. The number of aliphatic carboxylic acids is 1. The summed E-state index contributed by atoms with van der Waals surface area (Å²) in [6, 6.07) is 4.16. The normalized spacial score (nSPS) is 17.2. The van der Waals surface area contributed by atoms with Crippen molar-refractivity contribution in [2.24, 2.45) is 23.1 Å². The van der Waals surface area contributed by atoms with Crippen molar-refractivity contribution in [1.82, 2.24) is 71.6 Å². The molecule has 4 heterocycles. The van der Waals surface area contributed by atoms with E-state index < -0.39 is 170 Å². The lowest BCUT2D eigenvalue weighted by Crippen LogP contribution is -2.59. The van der Waals surface area contributed by atoms with Crippen molar-refractivity contribution in [3.8, 4) is 5.75 Å². The number of phenolic OH excluding ortho intramolecular Hbond substituents is 1. The van der Waals surface area contributed by atoms with Crippen LogP contribution in [0.25, 0.3) is 10.9 Å². The molecular weight excluding hydrogens is 1350 g/mol. The van der Waals surface area contributed by atoms with E-state index in [4.69, 9.17) is 17.2 Å². The molecular formula is C67H97N17O17S. The van der Waals surface area contributed by atoms with Crippen molar-refractivity contribution in [3.05, 3.63) is 65.9 Å². The van der Waals surface area contributed by atoms with E-state index in [1.165, 1.54) is 52.4 Å². The van der Waals surface area contributed by atoms with E-state index in [1.807, 2.05) is 13.8 Å². The van der Waals surface area contributed by atoms with Gasteiger partial charge in [-0.1, -0.05) is 44.2 Å². The first-order valence-electron chi connectivity index (χ1n) is 34.0. The molecule has 3 fully saturated rings. The molecule has 8 atom stereocenters. The molecule has 35 heteroatoms. The number of primary amides is 1. The van der Waals surface area contributed by atoms with E-state index in [-0.39, 0.29) is 94.4 Å². The van der Waals surface area contributed by atoms with Crippen molar-refractivity contribution in [2.45, 2.75) is 146 Å². The van der Waals surface area contributed by atoms with Crippen LogP contribution in [-0.4, -0.2) is 267 Å². The quantitative estimate of drug-likeness (QED) is 0.0244. The Kier molecular flexibility index (Phi) is 31.3. The van der Waals surface area contributed by atoms with E-state index in [0.717, 1.165) is 21.6 Å². The molecule has 102 heavy (non-hydrogen) atoms. The summed E-state index contributed by atoms with van der Waals surface area (Å²) in [6.07, 6.45) is 4.69. The second-order valence-electron chi connectivity index (χ2n) is 26.0. The molecule has 0 aliphatic carbocycles. The van der Waals surface area contributed by atoms with Gasteiger partial charge in [-0.15, -0.1) is 0 Å². The Bertz CT molecular complexity index is 3540. The number of benzene rings is 2. The number of hydrogen-bond acceptors (Lipinski definition) is 19. The lowest BCUT2D eigenvalue weighted by Gasteiger charge is -2.37. The van der Waals surface area contributed by atoms with Crippen LogP contribution in [0.2, 0.25) is 0 Å². The van der Waals surface area contributed by atoms with E-state index >= 15 is 0 Å². The molecule has 558 valence electrons. The highest BCUT2D eigenvalue weighted by Crippen LogP contribution is 2.26. The number of carboxylic acids is 1. The van der Waals surface area contributed by atoms with Crippen molar-refractivity contribution >= 4 is 111 Å². The first-order chi connectivity index (χ1) is 48.5. The van der Waals surface area contributed by atoms with Gasteiger partial charge in [0.25, 0.3) is 0 Å². The summed E-state index contributed by atoms with van der Waals surface area (Å²) in [7, 11) is 2.59. The first-order valence-corrected chi connectivity index (χ1v) is 35.2. The largest absolute Gasteiger partial charge is 0.508 e. The minimum atomic E-state index is -1.34. The fraction of sp³-hybridized carbons (Fsp3) is 0.567. The number of nitrogens with zero attached hydrogens (tertiary/aromatic N) is 6. The molecule has 0 unspecified atom stereocenters. The second kappa shape index (κ2) is 39.3. The molecule has 34 nitrogen and oxygen atoms in total. The van der Waals surface area contributed by atoms with Gasteiger partial charge in [0.15, 0.2) is 0 Å². The van der Waals surface area contributed by atoms with Crippen molar-refractivity contribution in [1.29, 1.82) is 0 Å². The number of aromatic hydroxyl groups is 1. The van der Waals surface area contributed by atoms with Crippen LogP contribution in [0.4, 0.5) is 0 Å². The Hall–Kier alpha value is -9.90. The average Bonchev–Trinajstić information content (AvgIpc) is 1.61. The smallest absolute Gasteiger partial charge is 0.323 e. The number of nitrogens with one attached hydrogen (secondary N) is 8. The number of carbonyl (C=O) groups is 15. The summed E-state index contributed by atoms with van der Waals surface area (Å²) in [6.45, 7) is 2.66. The van der Waals surface area contributed by atoms with Gasteiger partial charge in [-0.05, 0) is 99.6 Å². The van der Waals surface area contributed by atoms with Gasteiger partial charge in [-0.3, -0.25) is 71.9 Å². The van der Waals surface area contributed by atoms with Crippen molar-refractivity contribution < 1.29 is 82.1 Å². The minimum absolute atomic E-state index is 0.00685. The third-order valence-electron chi connectivity index (χ3n) is 17.6. The Balaban J connectivity index is 0.970. The van der Waals surface area contributed by atoms with Crippen LogP contribution >= 0.6 is 11.8 Å². The Labute approximate surface area is 594 Å². The fourth-order valence-electron chi connectivity index (χ4n) is 12.6. The third-order valence-corrected chi connectivity index (χ3v) is 18.6. The number of likely N-dealkylation sites (tertiary alicyclic amines) is 3. The number of para-hydroxylation sites is 1. The lowest BCUT2D eigenvalue weighted by atomic mass is 9.98. The van der Waals surface area contributed by atoms with Crippen LogP contribution in [-0.2, 0) is 91.3 Å². The van der Waals surface area contributed by atoms with Crippen LogP contribution in [0.5, 0.6) is 5.75 Å². The number of piperidine rings is 1. The number of likely N-dealkylation sites (N-methyl/N-ethyl adjacent to an activating group) is 2. The maximum absolute atomic E-state index is 14.6. The summed E-state index contributed by atoms with van der Waals surface area (Å²) in [5.74, 6) is -10.1. The summed E-state index contributed by atoms with van der Waals surface area (Å²) >= 11 is 1.10. The van der Waals surface area contributed by atoms with Crippen molar-refractivity contribution in [3.63, 3.8) is 0 Å². The Morgan fingerprint density at radius 2 is 1.24 bits per heavy atom. The molecule has 3 saturated heterocycles. The zero-order chi connectivity index (χ0) is 74.9. The number of carbonyl (C=O) groups excluding carboxylic acids is 14. The molecule has 2 aromatic carbocycles. The molecule has 1 aromatic heterocycles. The summed E-state index contributed by atoms with van der Waals surface area (Å²) in [4.78, 5) is 206. The number of phenols is 1. The molecule has 0 bridgehead atoms. The predicted molar refractivity (Wildman–Crippen MR) is 372 cm³/mol. The SMILES string of the molecule is CC(=O)N[C@@H](CCN)C(=O)N[C@@H](Cc1cn(CC(=O)O)c2ccccc12)C(=O)N(C)CC(=O)N(C)CC(=O)N[C@@H](CN)C(=O)NCCSCC(=O)N[C@@H](Cc1ccc(O)cc1)C(=O)N1CCCC[C@H]1C(=O)NCC(=O)N1CCC[C@H]1C(=O)NCC(=O)N[C@@H](CC(C)C)C(=O)N1CCC[C@H]1C(N)=O. The molecule has 3 aliphatic heterocycles. The van der Waals surface area contributed by atoms with Gasteiger partial charge in [0.2, 0.25) is 82.7 Å². The number of hydrogen-bond donors (Lipinski definition) is 13. The number of carboxylic acid groups (broad SMARTS) is 1. The molecule has 3 aromatic rings. The molecule has 3 aliphatic rings. The highest BCUT2D eigenvalue weighted by molar-refractivity contribution is 7.99. The van der Waals surface area contributed by atoms with Crippen LogP contribution in [0.3, 0.4) is 0 Å². The van der Waals surface area contributed by atoms with E-state index in [9.17, 15) is 82.1 Å². The summed E-state index contributed by atoms with van der Waals surface area (Å²) in [5, 5.41) is 41.2. The highest BCUT2D eigenvalue weighted by atomic mass is 32.2. The van der Waals surface area contributed by atoms with Gasteiger partial charge < -0.3 is 99.0 Å². The van der Waals surface area contributed by atoms with Gasteiger partial charge in [0.1, 0.15) is 60.6 Å². The number of aromatic nitrogens is 1. The van der Waals surface area contributed by atoms with Crippen LogP contribution in [0.15, 0.2) is 54.7 Å². The molecule has 0 radical (unpaired) electrons. The van der Waals surface area contributed by atoms with Gasteiger partial charge in [-0.2, -0.15) is 11.8 Å². The summed E-state index contributed by atoms with van der Waals surface area (Å²) < 4.78 is 1.48. The van der Waals surface area contributed by atoms with E-state index in [2.05, 4.69) is 42.5 Å². The maximum atomic E-state index is 14.6. The fourth-order valence-corrected chi connectivity index (χ4v) is 13.2. The average molecular weight is 1440 g/mol. The van der Waals surface area contributed by atoms with Gasteiger partial charge in [-0.25, -0.2) is 0 Å². The van der Waals surface area contributed by atoms with E-state index in [1.54, 1.807) is 42.6 Å². The number of fused-ring (bicyclic) bond motifs is 1. The predicted octanol–water partition coefficient (Wildman–Crippen LogP) is -4.14. The van der Waals surface area contributed by atoms with Gasteiger partial charge >= 0.3 is 5.97 Å². The highest BCUT2D eigenvalue weighted by Gasteiger charge is 2.41. The third kappa shape index (κ3) is 23.9. The number of thioether (sulfide) groups is 1. The Morgan fingerprint density at radius 3 is 1.89 bits per heavy atom. The maximum Gasteiger partial charge on any atom is 0.323 e. The van der Waals surface area contributed by atoms with Crippen LogP contribution in [0.1, 0.15) is 89.7 Å². The molecule has 0 spiro atoms. The van der Waals surface area contributed by atoms with Crippen molar-refractivity contribution in [2.75, 3.05) is 91.0 Å². The Morgan fingerprint density at radius 1 is 0.627 bits per heavy atom. The zero-order valence-electron chi connectivity index (χ0n) is 58.2. The van der Waals surface area contributed by atoms with Crippen LogP contribution < -0.4 is 59.7 Å². The molecule has 16 N–H and O–H groups in total. The summed E-state index contributed by atoms with van der Waals surface area (Å²) in [5.41, 5.74) is 18.8. The zero-order valence-corrected chi connectivity index (χ0v) is 59.0. The number of nitrogens with two attached hydrogens (primary N) is 3.